The summed E-state index contributed by atoms with van der Waals surface area (Å²) >= 11 is 0. The number of aryl methyl sites for hydroxylation is 1. The highest BCUT2D eigenvalue weighted by molar-refractivity contribution is 5.97. The number of fused-ring (bicyclic) bond motifs is 1. The van der Waals surface area contributed by atoms with Gasteiger partial charge in [0.05, 0.1) is 6.54 Å². The molecule has 1 aromatic rings. The Balaban J connectivity index is 1.49. The minimum Gasteiger partial charge on any atom is -0.480 e. The Morgan fingerprint density at radius 2 is 2.03 bits per heavy atom. The van der Waals surface area contributed by atoms with Crippen molar-refractivity contribution in [1.82, 2.24) is 15.5 Å². The van der Waals surface area contributed by atoms with Gasteiger partial charge in [0.15, 0.2) is 18.0 Å². The van der Waals surface area contributed by atoms with Gasteiger partial charge in [-0.15, -0.1) is 0 Å². The summed E-state index contributed by atoms with van der Waals surface area (Å²) in [6.45, 7) is -0.274. The molecule has 3 aliphatic heterocycles. The van der Waals surface area contributed by atoms with Crippen molar-refractivity contribution < 1.29 is 38.7 Å². The van der Waals surface area contributed by atoms with Crippen molar-refractivity contribution in [2.45, 2.75) is 54.8 Å². The van der Waals surface area contributed by atoms with Crippen molar-refractivity contribution in [3.8, 4) is 0 Å². The molecule has 1 spiro atoms. The Labute approximate surface area is 191 Å². The Kier molecular flexibility index (Phi) is 4.58. The average molecular weight is 480 g/mol. The van der Waals surface area contributed by atoms with E-state index in [-0.39, 0.29) is 42.4 Å². The molecule has 0 radical (unpaired) electrons. The number of halogens is 2. The van der Waals surface area contributed by atoms with Gasteiger partial charge in [-0.2, -0.15) is 0 Å². The van der Waals surface area contributed by atoms with Gasteiger partial charge in [-0.3, -0.25) is 20.4 Å². The van der Waals surface area contributed by atoms with Crippen LogP contribution in [0.15, 0.2) is 23.2 Å². The number of aliphatic carboxylic acids is 1. The van der Waals surface area contributed by atoms with Crippen LogP contribution in [0.1, 0.15) is 27.9 Å². The summed E-state index contributed by atoms with van der Waals surface area (Å²) in [5.74, 6) is -8.35. The van der Waals surface area contributed by atoms with E-state index in [1.807, 2.05) is 0 Å². The molecule has 1 saturated heterocycles. The predicted molar refractivity (Wildman–Crippen MR) is 111 cm³/mol. The fourth-order valence-corrected chi connectivity index (χ4v) is 5.47. The molecule has 1 amide bonds. The first kappa shape index (κ1) is 22.3. The van der Waals surface area contributed by atoms with Crippen LogP contribution in [0.5, 0.6) is 0 Å². The number of aliphatic hydroxyl groups is 2. The molecule has 5 rings (SSSR count). The summed E-state index contributed by atoms with van der Waals surface area (Å²) in [4.78, 5) is 32.8. The van der Waals surface area contributed by atoms with E-state index in [1.54, 1.807) is 12.1 Å². The van der Waals surface area contributed by atoms with Crippen LogP contribution in [0.3, 0.4) is 0 Å². The normalized spacial score (nSPS) is 32.5. The SMILES string of the molecule is NC1=N[C@@H](C(=O)O)[C@@H]2[NH+]=C(N)N[C@]23N1C[C@H](NC(=O)c1cccc2c1CC(F)(F)CC2)C3(O)O. The zero-order chi connectivity index (χ0) is 24.6. The monoisotopic (exact) mass is 480 g/mol. The van der Waals surface area contributed by atoms with Crippen molar-refractivity contribution in [3.63, 3.8) is 0 Å². The zero-order valence-corrected chi connectivity index (χ0v) is 17.8. The van der Waals surface area contributed by atoms with Gasteiger partial charge in [-0.1, -0.05) is 12.1 Å². The number of guanidine groups is 2. The molecule has 34 heavy (non-hydrogen) atoms. The molecule has 0 bridgehead atoms. The van der Waals surface area contributed by atoms with Crippen LogP contribution in [0, 0.1) is 0 Å². The van der Waals surface area contributed by atoms with Gasteiger partial charge in [-0.25, -0.2) is 23.9 Å². The molecule has 4 atom stereocenters. The Morgan fingerprint density at radius 3 is 2.74 bits per heavy atom. The van der Waals surface area contributed by atoms with Crippen LogP contribution in [-0.4, -0.2) is 86.1 Å². The third-order valence-corrected chi connectivity index (χ3v) is 7.06. The third-order valence-electron chi connectivity index (χ3n) is 7.06. The largest absolute Gasteiger partial charge is 0.480 e. The maximum atomic E-state index is 14.1. The number of nitrogens with one attached hydrogen (secondary N) is 3. The molecule has 1 aliphatic carbocycles. The molecule has 3 heterocycles. The maximum absolute atomic E-state index is 14.1. The second-order valence-electron chi connectivity index (χ2n) is 9.04. The van der Waals surface area contributed by atoms with E-state index in [0.29, 0.717) is 5.56 Å². The zero-order valence-electron chi connectivity index (χ0n) is 17.8. The number of alkyl halides is 2. The fraction of sp³-hybridized carbons (Fsp3) is 0.500. The van der Waals surface area contributed by atoms with Crippen molar-refractivity contribution >= 4 is 23.8 Å². The molecule has 0 aromatic heterocycles. The van der Waals surface area contributed by atoms with Gasteiger partial charge in [0.2, 0.25) is 5.79 Å². The van der Waals surface area contributed by atoms with E-state index < -0.39 is 53.8 Å². The van der Waals surface area contributed by atoms with E-state index in [1.165, 1.54) is 11.0 Å². The number of nitrogens with zero attached hydrogens (tertiary/aromatic N) is 2. The molecular weight excluding hydrogens is 456 g/mol. The molecule has 182 valence electrons. The molecule has 1 aromatic carbocycles. The number of carbonyl (C=O) groups is 2. The number of hydrogen-bond donors (Lipinski definition) is 8. The topological polar surface area (TPSA) is 200 Å². The maximum Gasteiger partial charge on any atom is 0.343 e. The van der Waals surface area contributed by atoms with Gasteiger partial charge in [-0.05, 0) is 23.6 Å². The van der Waals surface area contributed by atoms with Crippen LogP contribution in [0.4, 0.5) is 8.78 Å². The number of nitrogens with two attached hydrogens (primary N) is 2. The van der Waals surface area contributed by atoms with Crippen molar-refractivity contribution in [1.29, 1.82) is 0 Å². The smallest absolute Gasteiger partial charge is 0.343 e. The summed E-state index contributed by atoms with van der Waals surface area (Å²) in [5, 5.41) is 37.3. The molecule has 1 fully saturated rings. The highest BCUT2D eigenvalue weighted by Gasteiger charge is 2.77. The van der Waals surface area contributed by atoms with Crippen LogP contribution in [-0.2, 0) is 17.6 Å². The number of carbonyl (C=O) groups excluding carboxylic acids is 1. The highest BCUT2D eigenvalue weighted by atomic mass is 19.3. The molecule has 0 unspecified atom stereocenters. The fourth-order valence-electron chi connectivity index (χ4n) is 5.47. The lowest BCUT2D eigenvalue weighted by Crippen LogP contribution is -2.90. The highest BCUT2D eigenvalue weighted by Crippen LogP contribution is 2.41. The quantitative estimate of drug-likeness (QED) is 0.197. The summed E-state index contributed by atoms with van der Waals surface area (Å²) in [6.07, 6.45) is -0.804. The van der Waals surface area contributed by atoms with Crippen LogP contribution >= 0.6 is 0 Å². The molecular formula is C20H24F2N7O5+. The van der Waals surface area contributed by atoms with E-state index in [4.69, 9.17) is 11.5 Å². The summed E-state index contributed by atoms with van der Waals surface area (Å²) in [6, 6.07) is 0.476. The Bertz CT molecular complexity index is 1160. The molecule has 10 N–H and O–H groups in total. The van der Waals surface area contributed by atoms with E-state index in [9.17, 15) is 33.7 Å². The first-order valence-corrected chi connectivity index (χ1v) is 10.6. The van der Waals surface area contributed by atoms with Gasteiger partial charge < -0.3 is 26.4 Å². The Morgan fingerprint density at radius 1 is 1.29 bits per heavy atom. The minimum atomic E-state index is -2.95. The van der Waals surface area contributed by atoms with Gasteiger partial charge >= 0.3 is 11.9 Å². The number of aliphatic imine (C=N–C) groups is 1. The van der Waals surface area contributed by atoms with E-state index in [0.717, 1.165) is 0 Å². The number of carboxylic acid groups (broad SMARTS) is 1. The Hall–Kier alpha value is -3.52. The number of amides is 1. The van der Waals surface area contributed by atoms with Crippen LogP contribution < -0.4 is 27.1 Å². The minimum absolute atomic E-state index is 0.000214. The lowest BCUT2D eigenvalue weighted by Gasteiger charge is -2.45. The van der Waals surface area contributed by atoms with Gasteiger partial charge in [0, 0.05) is 18.4 Å². The standard InChI is InChI=1S/C20H23F2N7O5/c21-18(22)5-4-8-2-1-3-9(10(8)6-18)14(30)25-11-7-29-17(24)26-12(15(31)32)13-19(29,20(11,33)34)28-16(23)27-13/h1-3,11-13,33-34H,4-7H2,(H2,24,26)(H,25,30)(H,31,32)(H3,23,27,28)/p+1/t11-,12+,13-,19-/m0/s1. The van der Waals surface area contributed by atoms with Crippen molar-refractivity contribution in [3.05, 3.63) is 34.9 Å². The summed E-state index contributed by atoms with van der Waals surface area (Å²) in [7, 11) is 0. The number of benzene rings is 1. The number of hydrogen-bond acceptors (Lipinski definition) is 9. The average Bonchev–Trinajstić information content (AvgIpc) is 3.21. The lowest BCUT2D eigenvalue weighted by atomic mass is 9.84. The molecule has 4 aliphatic rings. The lowest BCUT2D eigenvalue weighted by molar-refractivity contribution is -0.519. The van der Waals surface area contributed by atoms with E-state index >= 15 is 0 Å². The van der Waals surface area contributed by atoms with E-state index in [2.05, 4.69) is 20.6 Å². The second-order valence-corrected chi connectivity index (χ2v) is 9.04. The molecule has 0 saturated carbocycles. The van der Waals surface area contributed by atoms with Crippen LogP contribution in [0.25, 0.3) is 0 Å². The third kappa shape index (κ3) is 2.94. The van der Waals surface area contributed by atoms with Gasteiger partial charge in [0.25, 0.3) is 17.5 Å². The first-order chi connectivity index (χ1) is 15.9. The van der Waals surface area contributed by atoms with Gasteiger partial charge in [0.1, 0.15) is 6.04 Å². The first-order valence-electron chi connectivity index (χ1n) is 10.6. The second kappa shape index (κ2) is 6.99. The summed E-state index contributed by atoms with van der Waals surface area (Å²) in [5.41, 5.74) is 10.7. The summed E-state index contributed by atoms with van der Waals surface area (Å²) < 4.78 is 28.1. The number of carboxylic acids is 1. The number of rotatable bonds is 3. The van der Waals surface area contributed by atoms with Crippen molar-refractivity contribution in [2.24, 2.45) is 16.5 Å². The molecule has 12 nitrogen and oxygen atoms in total. The van der Waals surface area contributed by atoms with Crippen molar-refractivity contribution in [2.75, 3.05) is 6.54 Å². The van der Waals surface area contributed by atoms with Crippen LogP contribution in [0.2, 0.25) is 0 Å². The predicted octanol–water partition coefficient (Wildman–Crippen LogP) is -4.25. The molecule has 14 heteroatoms.